The molecule has 0 saturated carbocycles. The molecule has 0 fully saturated rings. The Kier molecular flexibility index (Phi) is 51.4. The van der Waals surface area contributed by atoms with Gasteiger partial charge in [-0.1, -0.05) is 241 Å². The van der Waals surface area contributed by atoms with E-state index >= 15 is 0 Å². The van der Waals surface area contributed by atoms with Crippen molar-refractivity contribution in [1.29, 1.82) is 0 Å². The number of hydrogen-bond acceptors (Lipinski definition) is 6. The lowest BCUT2D eigenvalue weighted by molar-refractivity contribution is -0.166. The predicted molar refractivity (Wildman–Crippen MR) is 284 cm³/mol. The van der Waals surface area contributed by atoms with Crippen molar-refractivity contribution in [3.63, 3.8) is 0 Å². The molecule has 0 aromatic heterocycles. The molecular weight excluding hydrogens is 817 g/mol. The van der Waals surface area contributed by atoms with E-state index in [1.54, 1.807) is 0 Å². The van der Waals surface area contributed by atoms with Crippen LogP contribution in [0, 0.1) is 0 Å². The third kappa shape index (κ3) is 51.6. The van der Waals surface area contributed by atoms with Gasteiger partial charge < -0.3 is 14.2 Å². The van der Waals surface area contributed by atoms with E-state index < -0.39 is 6.10 Å². The normalized spacial score (nSPS) is 12.7. The molecule has 6 heteroatoms. The number of carbonyl (C=O) groups is 3. The summed E-state index contributed by atoms with van der Waals surface area (Å²) < 4.78 is 16.8. The van der Waals surface area contributed by atoms with Crippen LogP contribution < -0.4 is 0 Å². The first-order valence-corrected chi connectivity index (χ1v) is 27.6. The molecule has 0 bridgehead atoms. The first-order chi connectivity index (χ1) is 32.5. The Morgan fingerprint density at radius 3 is 1.03 bits per heavy atom. The number of hydrogen-bond donors (Lipinski definition) is 0. The summed E-state index contributed by atoms with van der Waals surface area (Å²) in [4.78, 5) is 38.0. The Morgan fingerprint density at radius 1 is 0.318 bits per heavy atom. The van der Waals surface area contributed by atoms with Crippen LogP contribution in [0.2, 0.25) is 0 Å². The van der Waals surface area contributed by atoms with Crippen LogP contribution in [0.3, 0.4) is 0 Å². The van der Waals surface area contributed by atoms with Gasteiger partial charge in [0, 0.05) is 19.3 Å². The van der Waals surface area contributed by atoms with Crippen LogP contribution in [-0.4, -0.2) is 37.2 Å². The van der Waals surface area contributed by atoms with Gasteiger partial charge in [0.15, 0.2) is 6.10 Å². The van der Waals surface area contributed by atoms with Crippen LogP contribution in [-0.2, 0) is 28.6 Å². The number of allylic oxidation sites excluding steroid dienone is 14. The quantitative estimate of drug-likeness (QED) is 0.0262. The molecular formula is C60H102O6. The maximum atomic E-state index is 12.8. The first-order valence-electron chi connectivity index (χ1n) is 27.6. The summed E-state index contributed by atoms with van der Waals surface area (Å²) >= 11 is 0. The SMILES string of the molecule is CC/C=C\C/C=C\C/C=C\C/C=C\C/C=C\C/C=C\CCC(=O)OCC(COC(=O)CCCCCCC/C=C\CCCCCC)OC(=O)CCCCCCCCCCCCCCCCCC. The highest BCUT2D eigenvalue weighted by molar-refractivity contribution is 5.71. The molecule has 0 saturated heterocycles. The summed E-state index contributed by atoms with van der Waals surface area (Å²) in [6.07, 6.45) is 70.1. The molecule has 1 atom stereocenters. The molecule has 0 amide bonds. The van der Waals surface area contributed by atoms with Gasteiger partial charge in [-0.15, -0.1) is 0 Å². The molecule has 0 N–H and O–H groups in total. The minimum absolute atomic E-state index is 0.102. The summed E-state index contributed by atoms with van der Waals surface area (Å²) in [6.45, 7) is 6.45. The molecule has 0 aliphatic heterocycles. The van der Waals surface area contributed by atoms with Gasteiger partial charge in [0.05, 0.1) is 0 Å². The average molecular weight is 919 g/mol. The van der Waals surface area contributed by atoms with Crippen molar-refractivity contribution in [1.82, 2.24) is 0 Å². The topological polar surface area (TPSA) is 78.9 Å². The van der Waals surface area contributed by atoms with Crippen molar-refractivity contribution in [2.75, 3.05) is 13.2 Å². The van der Waals surface area contributed by atoms with Crippen molar-refractivity contribution in [2.45, 2.75) is 264 Å². The molecule has 378 valence electrons. The predicted octanol–water partition coefficient (Wildman–Crippen LogP) is 18.4. The number of rotatable bonds is 49. The molecule has 66 heavy (non-hydrogen) atoms. The zero-order chi connectivity index (χ0) is 47.9. The highest BCUT2D eigenvalue weighted by Gasteiger charge is 2.19. The van der Waals surface area contributed by atoms with Crippen LogP contribution in [0.4, 0.5) is 0 Å². The van der Waals surface area contributed by atoms with Gasteiger partial charge in [-0.2, -0.15) is 0 Å². The molecule has 0 aliphatic carbocycles. The Bertz CT molecular complexity index is 1290. The van der Waals surface area contributed by atoms with E-state index in [2.05, 4.69) is 99.8 Å². The van der Waals surface area contributed by atoms with Gasteiger partial charge in [0.1, 0.15) is 13.2 Å². The Hall–Kier alpha value is -3.41. The molecule has 0 spiro atoms. The van der Waals surface area contributed by atoms with E-state index in [-0.39, 0.29) is 37.5 Å². The Morgan fingerprint density at radius 2 is 0.621 bits per heavy atom. The van der Waals surface area contributed by atoms with Crippen LogP contribution in [0.5, 0.6) is 0 Å². The van der Waals surface area contributed by atoms with Gasteiger partial charge in [-0.3, -0.25) is 14.4 Å². The van der Waals surface area contributed by atoms with E-state index in [1.807, 2.05) is 6.08 Å². The molecule has 0 heterocycles. The molecule has 0 aromatic rings. The van der Waals surface area contributed by atoms with E-state index in [4.69, 9.17) is 14.2 Å². The number of esters is 3. The monoisotopic (exact) mass is 919 g/mol. The second-order valence-corrected chi connectivity index (χ2v) is 18.1. The highest BCUT2D eigenvalue weighted by Crippen LogP contribution is 2.15. The number of unbranched alkanes of at least 4 members (excludes halogenated alkanes) is 24. The van der Waals surface area contributed by atoms with Gasteiger partial charge in [0.25, 0.3) is 0 Å². The van der Waals surface area contributed by atoms with Gasteiger partial charge in [-0.05, 0) is 83.5 Å². The summed E-state index contributed by atoms with van der Waals surface area (Å²) in [5.41, 5.74) is 0. The minimum Gasteiger partial charge on any atom is -0.462 e. The fourth-order valence-corrected chi connectivity index (χ4v) is 7.52. The number of ether oxygens (including phenoxy) is 3. The van der Waals surface area contributed by atoms with Crippen molar-refractivity contribution < 1.29 is 28.6 Å². The minimum atomic E-state index is -0.808. The molecule has 0 radical (unpaired) electrons. The summed E-state index contributed by atoms with van der Waals surface area (Å²) in [7, 11) is 0. The van der Waals surface area contributed by atoms with Gasteiger partial charge in [-0.25, -0.2) is 0 Å². The lowest BCUT2D eigenvalue weighted by atomic mass is 10.0. The van der Waals surface area contributed by atoms with Gasteiger partial charge in [0.2, 0.25) is 0 Å². The smallest absolute Gasteiger partial charge is 0.306 e. The van der Waals surface area contributed by atoms with E-state index in [0.717, 1.165) is 89.9 Å². The zero-order valence-corrected chi connectivity index (χ0v) is 43.2. The van der Waals surface area contributed by atoms with E-state index in [1.165, 1.54) is 122 Å². The zero-order valence-electron chi connectivity index (χ0n) is 43.2. The lowest BCUT2D eigenvalue weighted by Crippen LogP contribution is -2.30. The molecule has 0 rings (SSSR count). The molecule has 1 unspecified atom stereocenters. The highest BCUT2D eigenvalue weighted by atomic mass is 16.6. The average Bonchev–Trinajstić information content (AvgIpc) is 3.31. The first kappa shape index (κ1) is 62.6. The Balaban J connectivity index is 4.49. The van der Waals surface area contributed by atoms with E-state index in [9.17, 15) is 14.4 Å². The summed E-state index contributed by atoms with van der Waals surface area (Å²) in [6, 6.07) is 0. The second-order valence-electron chi connectivity index (χ2n) is 18.1. The fourth-order valence-electron chi connectivity index (χ4n) is 7.52. The van der Waals surface area contributed by atoms with Crippen LogP contribution >= 0.6 is 0 Å². The molecule has 0 aliphatic rings. The molecule has 6 nitrogen and oxygen atoms in total. The van der Waals surface area contributed by atoms with Crippen LogP contribution in [0.1, 0.15) is 258 Å². The fraction of sp³-hybridized carbons (Fsp3) is 0.717. The largest absolute Gasteiger partial charge is 0.462 e. The Labute approximate surface area is 407 Å². The van der Waals surface area contributed by atoms with Crippen molar-refractivity contribution in [3.05, 3.63) is 85.1 Å². The standard InChI is InChI=1S/C60H102O6/c1-4-7-10-13-16-19-22-25-27-29-30-31-33-35-38-41-44-47-50-53-59(62)65-56-57(55-64-58(61)52-49-46-43-40-37-34-24-21-18-15-12-9-6-3)66-60(63)54-51-48-45-42-39-36-32-28-26-23-20-17-14-11-8-5-2/h7,10,16,19,21,24-25,27,30-31,35,38,44,47,57H,4-6,8-9,11-15,17-18,20,22-23,26,28-29,32-34,36-37,39-43,45-46,48-56H2,1-3H3/b10-7-,19-16-,24-21-,27-25-,31-30-,38-35-,47-44-. The number of carbonyl (C=O) groups excluding carboxylic acids is 3. The second kappa shape index (κ2) is 54.2. The maximum Gasteiger partial charge on any atom is 0.306 e. The van der Waals surface area contributed by atoms with Crippen LogP contribution in [0.15, 0.2) is 85.1 Å². The summed E-state index contributed by atoms with van der Waals surface area (Å²) in [5.74, 6) is -0.993. The molecule has 0 aromatic carbocycles. The van der Waals surface area contributed by atoms with Crippen molar-refractivity contribution in [3.8, 4) is 0 Å². The van der Waals surface area contributed by atoms with Crippen molar-refractivity contribution in [2.24, 2.45) is 0 Å². The summed E-state index contributed by atoms with van der Waals surface area (Å²) in [5, 5.41) is 0. The van der Waals surface area contributed by atoms with Gasteiger partial charge >= 0.3 is 17.9 Å². The maximum absolute atomic E-state index is 12.8. The third-order valence-corrected chi connectivity index (χ3v) is 11.6. The third-order valence-electron chi connectivity index (χ3n) is 11.6. The van der Waals surface area contributed by atoms with E-state index in [0.29, 0.717) is 19.3 Å². The van der Waals surface area contributed by atoms with Crippen molar-refractivity contribution >= 4 is 17.9 Å². The lowest BCUT2D eigenvalue weighted by Gasteiger charge is -2.18. The van der Waals surface area contributed by atoms with Crippen LogP contribution in [0.25, 0.3) is 0 Å².